The second-order valence-corrected chi connectivity index (χ2v) is 5.23. The lowest BCUT2D eigenvalue weighted by molar-refractivity contribution is 0.698. The van der Waals surface area contributed by atoms with Gasteiger partial charge in [-0.1, -0.05) is 13.0 Å². The van der Waals surface area contributed by atoms with Crippen LogP contribution in [0.4, 0.5) is 5.95 Å². The highest BCUT2D eigenvalue weighted by Crippen LogP contribution is 2.15. The van der Waals surface area contributed by atoms with Crippen molar-refractivity contribution >= 4 is 23.3 Å². The fourth-order valence-electron chi connectivity index (χ4n) is 2.38. The molecule has 0 bridgehead atoms. The number of hydrogen-bond donors (Lipinski definition) is 2. The lowest BCUT2D eigenvalue weighted by Gasteiger charge is -2.05. The van der Waals surface area contributed by atoms with Crippen LogP contribution in [0.5, 0.6) is 0 Å². The first-order valence-electron chi connectivity index (χ1n) is 7.50. The van der Waals surface area contributed by atoms with Gasteiger partial charge < -0.3 is 4.57 Å². The lowest BCUT2D eigenvalue weighted by atomic mass is 10.3. The number of aryl methyl sites for hydroxylation is 2. The predicted molar refractivity (Wildman–Crippen MR) is 91.3 cm³/mol. The molecule has 3 heterocycles. The van der Waals surface area contributed by atoms with E-state index in [9.17, 15) is 9.59 Å². The number of nitrogens with one attached hydrogen (secondary N) is 2. The van der Waals surface area contributed by atoms with Crippen molar-refractivity contribution in [2.24, 2.45) is 12.1 Å². The summed E-state index contributed by atoms with van der Waals surface area (Å²) in [5, 5.41) is 4.13. The Morgan fingerprint density at radius 1 is 1.42 bits per heavy atom. The summed E-state index contributed by atoms with van der Waals surface area (Å²) in [5.41, 5.74) is 3.36. The van der Waals surface area contributed by atoms with Crippen molar-refractivity contribution in [3.8, 4) is 0 Å². The van der Waals surface area contributed by atoms with E-state index in [2.05, 4.69) is 25.5 Å². The zero-order chi connectivity index (χ0) is 17.1. The number of aromatic nitrogens is 5. The molecule has 0 saturated carbocycles. The Bertz CT molecular complexity index is 998. The Morgan fingerprint density at radius 3 is 2.96 bits per heavy atom. The van der Waals surface area contributed by atoms with Gasteiger partial charge in [0.1, 0.15) is 0 Å². The Morgan fingerprint density at radius 2 is 2.25 bits per heavy atom. The average molecular weight is 327 g/mol. The molecule has 0 aromatic carbocycles. The molecular weight excluding hydrogens is 310 g/mol. The fraction of sp³-hybridized carbons (Fsp3) is 0.267. The molecule has 3 aromatic rings. The number of imidazole rings is 1. The fourth-order valence-corrected chi connectivity index (χ4v) is 2.38. The van der Waals surface area contributed by atoms with E-state index >= 15 is 0 Å². The number of nitrogens with zero attached hydrogens (tertiary/aromatic N) is 5. The van der Waals surface area contributed by atoms with Gasteiger partial charge in [0.05, 0.1) is 6.21 Å². The molecule has 124 valence electrons. The van der Waals surface area contributed by atoms with E-state index in [1.54, 1.807) is 30.2 Å². The van der Waals surface area contributed by atoms with Crippen molar-refractivity contribution in [2.75, 3.05) is 5.43 Å². The molecule has 0 aliphatic rings. The van der Waals surface area contributed by atoms with Crippen LogP contribution in [0, 0.1) is 0 Å². The maximum absolute atomic E-state index is 12.2. The molecule has 0 aliphatic carbocycles. The van der Waals surface area contributed by atoms with Gasteiger partial charge in [-0.25, -0.2) is 10.2 Å². The van der Waals surface area contributed by atoms with Gasteiger partial charge in [0.15, 0.2) is 11.2 Å². The molecule has 0 unspecified atom stereocenters. The monoisotopic (exact) mass is 327 g/mol. The number of rotatable bonds is 5. The SMILES string of the molecule is CCCn1c(NN=Cc2cccnc2)nc2c1c(=O)[nH]c(=O)n2C. The van der Waals surface area contributed by atoms with Crippen molar-refractivity contribution in [1.82, 2.24) is 24.1 Å². The van der Waals surface area contributed by atoms with Crippen molar-refractivity contribution in [1.29, 1.82) is 0 Å². The Labute approximate surface area is 136 Å². The van der Waals surface area contributed by atoms with Crippen molar-refractivity contribution in [3.63, 3.8) is 0 Å². The van der Waals surface area contributed by atoms with Gasteiger partial charge in [-0.05, 0) is 12.5 Å². The zero-order valence-corrected chi connectivity index (χ0v) is 13.4. The number of fused-ring (bicyclic) bond motifs is 1. The molecule has 0 aliphatic heterocycles. The highest BCUT2D eigenvalue weighted by Gasteiger charge is 2.16. The van der Waals surface area contributed by atoms with Crippen LogP contribution in [0.25, 0.3) is 11.2 Å². The molecule has 0 saturated heterocycles. The summed E-state index contributed by atoms with van der Waals surface area (Å²) in [4.78, 5) is 34.5. The third-order valence-electron chi connectivity index (χ3n) is 3.52. The number of hydrazone groups is 1. The van der Waals surface area contributed by atoms with Crippen LogP contribution >= 0.6 is 0 Å². The smallest absolute Gasteiger partial charge is 0.303 e. The number of hydrogen-bond acceptors (Lipinski definition) is 6. The van der Waals surface area contributed by atoms with Gasteiger partial charge in [0.2, 0.25) is 5.95 Å². The van der Waals surface area contributed by atoms with Gasteiger partial charge in [-0.15, -0.1) is 0 Å². The second kappa shape index (κ2) is 6.49. The number of H-pyrrole nitrogens is 1. The second-order valence-electron chi connectivity index (χ2n) is 5.23. The van der Waals surface area contributed by atoms with Gasteiger partial charge in [-0.2, -0.15) is 10.1 Å². The van der Waals surface area contributed by atoms with E-state index in [-0.39, 0.29) is 0 Å². The predicted octanol–water partition coefficient (Wildman–Crippen LogP) is 0.674. The maximum atomic E-state index is 12.2. The number of aromatic amines is 1. The van der Waals surface area contributed by atoms with Crippen LogP contribution in [0.1, 0.15) is 18.9 Å². The minimum Gasteiger partial charge on any atom is -0.303 e. The first-order chi connectivity index (χ1) is 11.6. The number of pyridine rings is 1. The Hall–Kier alpha value is -3.23. The van der Waals surface area contributed by atoms with E-state index in [1.165, 1.54) is 4.57 Å². The van der Waals surface area contributed by atoms with Crippen molar-refractivity contribution in [2.45, 2.75) is 19.9 Å². The molecule has 0 amide bonds. The van der Waals surface area contributed by atoms with Gasteiger partial charge >= 0.3 is 5.69 Å². The molecule has 9 heteroatoms. The summed E-state index contributed by atoms with van der Waals surface area (Å²) in [6, 6.07) is 3.67. The summed E-state index contributed by atoms with van der Waals surface area (Å²) in [6.45, 7) is 2.56. The first kappa shape index (κ1) is 15.7. The molecular formula is C15H17N7O2. The van der Waals surface area contributed by atoms with E-state index in [0.717, 1.165) is 12.0 Å². The molecule has 9 nitrogen and oxygen atoms in total. The highest BCUT2D eigenvalue weighted by atomic mass is 16.2. The highest BCUT2D eigenvalue weighted by molar-refractivity contribution is 5.80. The molecule has 3 rings (SSSR count). The van der Waals surface area contributed by atoms with Crippen LogP contribution in [0.2, 0.25) is 0 Å². The van der Waals surface area contributed by atoms with E-state index < -0.39 is 11.2 Å². The quantitative estimate of drug-likeness (QED) is 0.529. The maximum Gasteiger partial charge on any atom is 0.329 e. The topological polar surface area (TPSA) is 110 Å². The number of anilines is 1. The van der Waals surface area contributed by atoms with Gasteiger partial charge in [0.25, 0.3) is 5.56 Å². The third kappa shape index (κ3) is 2.83. The normalized spacial score (nSPS) is 11.4. The summed E-state index contributed by atoms with van der Waals surface area (Å²) in [5.74, 6) is 0.402. The molecule has 3 aromatic heterocycles. The van der Waals surface area contributed by atoms with E-state index in [1.807, 2.05) is 19.1 Å². The van der Waals surface area contributed by atoms with Gasteiger partial charge in [-0.3, -0.25) is 19.3 Å². The van der Waals surface area contributed by atoms with Crippen molar-refractivity contribution in [3.05, 3.63) is 50.9 Å². The molecule has 0 radical (unpaired) electrons. The summed E-state index contributed by atoms with van der Waals surface area (Å²) in [6.07, 6.45) is 5.76. The minimum atomic E-state index is -0.501. The summed E-state index contributed by atoms with van der Waals surface area (Å²) in [7, 11) is 1.56. The van der Waals surface area contributed by atoms with Crippen LogP contribution in [0.3, 0.4) is 0 Å². The van der Waals surface area contributed by atoms with E-state index in [4.69, 9.17) is 0 Å². The van der Waals surface area contributed by atoms with E-state index in [0.29, 0.717) is 23.7 Å². The zero-order valence-electron chi connectivity index (χ0n) is 13.4. The molecule has 0 spiro atoms. The standard InChI is InChI=1S/C15H17N7O2/c1-3-7-22-11-12(21(2)15(24)19-13(11)23)18-14(22)20-17-9-10-5-4-6-16-8-10/h4-6,8-9H,3,7H2,1-2H3,(H,18,20)(H,19,23,24). The van der Waals surface area contributed by atoms with Crippen LogP contribution in [-0.2, 0) is 13.6 Å². The summed E-state index contributed by atoms with van der Waals surface area (Å²) < 4.78 is 3.02. The average Bonchev–Trinajstić information content (AvgIpc) is 2.93. The Balaban J connectivity index is 2.04. The Kier molecular flexibility index (Phi) is 4.23. The van der Waals surface area contributed by atoms with Crippen molar-refractivity contribution < 1.29 is 0 Å². The molecule has 24 heavy (non-hydrogen) atoms. The summed E-state index contributed by atoms with van der Waals surface area (Å²) >= 11 is 0. The largest absolute Gasteiger partial charge is 0.329 e. The van der Waals surface area contributed by atoms with Crippen LogP contribution in [-0.4, -0.2) is 30.3 Å². The first-order valence-corrected chi connectivity index (χ1v) is 7.50. The van der Waals surface area contributed by atoms with Crippen LogP contribution < -0.4 is 16.7 Å². The molecule has 2 N–H and O–H groups in total. The lowest BCUT2D eigenvalue weighted by Crippen LogP contribution is -2.29. The van der Waals surface area contributed by atoms with Gasteiger partial charge in [0, 0.05) is 31.5 Å². The third-order valence-corrected chi connectivity index (χ3v) is 3.52. The molecule has 0 atom stereocenters. The van der Waals surface area contributed by atoms with Crippen LogP contribution in [0.15, 0.2) is 39.2 Å². The molecule has 0 fully saturated rings. The minimum absolute atomic E-state index is 0.316.